The van der Waals surface area contributed by atoms with Crippen LogP contribution in [0.4, 0.5) is 15.8 Å². The van der Waals surface area contributed by atoms with Gasteiger partial charge in [0.15, 0.2) is 0 Å². The molecule has 2 aromatic carbocycles. The maximum Gasteiger partial charge on any atom is 0.255 e. The minimum absolute atomic E-state index is 0.0475. The summed E-state index contributed by atoms with van der Waals surface area (Å²) in [4.78, 5) is 24.8. The molecule has 1 heterocycles. The van der Waals surface area contributed by atoms with E-state index >= 15 is 0 Å². The van der Waals surface area contributed by atoms with Crippen molar-refractivity contribution in [1.29, 1.82) is 0 Å². The average molecular weight is 383 g/mol. The van der Waals surface area contributed by atoms with Crippen molar-refractivity contribution in [2.24, 2.45) is 11.8 Å². The van der Waals surface area contributed by atoms with E-state index in [1.165, 1.54) is 18.2 Å². The molecule has 1 aliphatic rings. The fourth-order valence-electron chi connectivity index (χ4n) is 3.59. The maximum atomic E-state index is 13.3. The van der Waals surface area contributed by atoms with Gasteiger partial charge in [-0.1, -0.05) is 19.1 Å². The second-order valence-corrected chi connectivity index (χ2v) is 7.36. The van der Waals surface area contributed by atoms with Gasteiger partial charge in [0.1, 0.15) is 5.82 Å². The smallest absolute Gasteiger partial charge is 0.255 e. The summed E-state index contributed by atoms with van der Waals surface area (Å²) in [6.45, 7) is 4.15. The minimum Gasteiger partial charge on any atom is -0.326 e. The van der Waals surface area contributed by atoms with Gasteiger partial charge in [-0.2, -0.15) is 0 Å². The first kappa shape index (κ1) is 20.0. The molecule has 0 saturated carbocycles. The molecule has 148 valence electrons. The highest BCUT2D eigenvalue weighted by Crippen LogP contribution is 2.25. The van der Waals surface area contributed by atoms with Gasteiger partial charge in [0.2, 0.25) is 5.91 Å². The highest BCUT2D eigenvalue weighted by atomic mass is 19.1. The number of rotatable bonds is 6. The summed E-state index contributed by atoms with van der Waals surface area (Å²) in [6, 6.07) is 12.5. The van der Waals surface area contributed by atoms with Crippen molar-refractivity contribution in [3.8, 4) is 0 Å². The first-order valence-electron chi connectivity index (χ1n) is 9.69. The number of amides is 2. The molecule has 1 fully saturated rings. The van der Waals surface area contributed by atoms with Gasteiger partial charge in [0.25, 0.3) is 5.91 Å². The number of benzene rings is 2. The van der Waals surface area contributed by atoms with Crippen molar-refractivity contribution in [3.63, 3.8) is 0 Å². The number of anilines is 2. The summed E-state index contributed by atoms with van der Waals surface area (Å²) >= 11 is 0. The normalized spacial score (nSPS) is 15.6. The van der Waals surface area contributed by atoms with E-state index in [1.807, 2.05) is 0 Å². The van der Waals surface area contributed by atoms with Crippen LogP contribution in [0.3, 0.4) is 0 Å². The number of hydrogen-bond donors (Lipinski definition) is 3. The molecule has 0 bridgehead atoms. The van der Waals surface area contributed by atoms with E-state index in [9.17, 15) is 14.0 Å². The van der Waals surface area contributed by atoms with E-state index in [0.29, 0.717) is 35.2 Å². The lowest BCUT2D eigenvalue weighted by Gasteiger charge is -2.27. The molecule has 0 aromatic heterocycles. The van der Waals surface area contributed by atoms with Crippen LogP contribution in [0.2, 0.25) is 0 Å². The van der Waals surface area contributed by atoms with Crippen LogP contribution in [0.25, 0.3) is 0 Å². The van der Waals surface area contributed by atoms with Crippen LogP contribution < -0.4 is 16.0 Å². The Morgan fingerprint density at radius 2 is 1.75 bits per heavy atom. The quantitative estimate of drug-likeness (QED) is 0.705. The molecule has 3 N–H and O–H groups in total. The van der Waals surface area contributed by atoms with Crippen LogP contribution in [-0.2, 0) is 4.79 Å². The molecule has 0 spiro atoms. The van der Waals surface area contributed by atoms with Crippen molar-refractivity contribution < 1.29 is 14.0 Å². The number of hydrogen-bond acceptors (Lipinski definition) is 3. The summed E-state index contributed by atoms with van der Waals surface area (Å²) in [5, 5.41) is 8.88. The highest BCUT2D eigenvalue weighted by Gasteiger charge is 2.22. The number of carbonyl (C=O) groups is 2. The van der Waals surface area contributed by atoms with Crippen LogP contribution in [-0.4, -0.2) is 24.9 Å². The number of nitrogens with one attached hydrogen (secondary N) is 3. The maximum absolute atomic E-state index is 13.3. The van der Waals surface area contributed by atoms with Gasteiger partial charge in [0.05, 0.1) is 0 Å². The van der Waals surface area contributed by atoms with Crippen molar-refractivity contribution >= 4 is 23.2 Å². The summed E-state index contributed by atoms with van der Waals surface area (Å²) in [5.41, 5.74) is 1.36. The Balaban J connectivity index is 1.57. The molecule has 1 unspecified atom stereocenters. The van der Waals surface area contributed by atoms with Crippen LogP contribution in [0.1, 0.15) is 36.5 Å². The Morgan fingerprint density at radius 3 is 2.46 bits per heavy atom. The van der Waals surface area contributed by atoms with Crippen LogP contribution >= 0.6 is 0 Å². The predicted octanol–water partition coefficient (Wildman–Crippen LogP) is 4.04. The van der Waals surface area contributed by atoms with Gasteiger partial charge < -0.3 is 16.0 Å². The van der Waals surface area contributed by atoms with E-state index in [0.717, 1.165) is 25.9 Å². The molecule has 1 atom stereocenters. The monoisotopic (exact) mass is 383 g/mol. The van der Waals surface area contributed by atoms with Crippen LogP contribution in [0.15, 0.2) is 48.5 Å². The lowest BCUT2D eigenvalue weighted by Crippen LogP contribution is -2.32. The van der Waals surface area contributed by atoms with E-state index in [1.54, 1.807) is 30.3 Å². The summed E-state index contributed by atoms with van der Waals surface area (Å²) in [6.07, 6.45) is 2.67. The third-order valence-corrected chi connectivity index (χ3v) is 5.19. The highest BCUT2D eigenvalue weighted by molar-refractivity contribution is 6.05. The molecule has 3 rings (SSSR count). The van der Waals surface area contributed by atoms with Crippen molar-refractivity contribution in [3.05, 3.63) is 59.9 Å². The molecular weight excluding hydrogens is 357 g/mol. The lowest BCUT2D eigenvalue weighted by molar-refractivity contribution is -0.117. The molecule has 6 heteroatoms. The van der Waals surface area contributed by atoms with Crippen molar-refractivity contribution in [2.45, 2.75) is 26.2 Å². The molecular formula is C22H26FN3O2. The van der Waals surface area contributed by atoms with E-state index in [2.05, 4.69) is 22.9 Å². The van der Waals surface area contributed by atoms with Crippen LogP contribution in [0.5, 0.6) is 0 Å². The number of carbonyl (C=O) groups excluding carboxylic acids is 2. The predicted molar refractivity (Wildman–Crippen MR) is 109 cm³/mol. The SMILES string of the molecule is CC(CC(=O)Nc1cccc(C(=O)Nc2cccc(F)c2)c1)C1CCNCC1. The zero-order valence-electron chi connectivity index (χ0n) is 16.0. The van der Waals surface area contributed by atoms with Crippen LogP contribution in [0, 0.1) is 17.7 Å². The second-order valence-electron chi connectivity index (χ2n) is 7.36. The van der Waals surface area contributed by atoms with E-state index in [-0.39, 0.29) is 11.8 Å². The summed E-state index contributed by atoms with van der Waals surface area (Å²) in [5.74, 6) is 0.0668. The Labute approximate surface area is 164 Å². The molecule has 2 aromatic rings. The van der Waals surface area contributed by atoms with Gasteiger partial charge in [-0.15, -0.1) is 0 Å². The Kier molecular flexibility index (Phi) is 6.76. The first-order chi connectivity index (χ1) is 13.5. The molecule has 0 aliphatic carbocycles. The lowest BCUT2D eigenvalue weighted by atomic mass is 9.84. The van der Waals surface area contributed by atoms with Crippen molar-refractivity contribution in [2.75, 3.05) is 23.7 Å². The van der Waals surface area contributed by atoms with Crippen molar-refractivity contribution in [1.82, 2.24) is 5.32 Å². The molecule has 5 nitrogen and oxygen atoms in total. The number of piperidine rings is 1. The Bertz CT molecular complexity index is 834. The van der Waals surface area contributed by atoms with E-state index in [4.69, 9.17) is 0 Å². The van der Waals surface area contributed by atoms with E-state index < -0.39 is 5.82 Å². The summed E-state index contributed by atoms with van der Waals surface area (Å²) in [7, 11) is 0. The zero-order valence-corrected chi connectivity index (χ0v) is 16.0. The van der Waals surface area contributed by atoms with Gasteiger partial charge in [-0.05, 0) is 74.2 Å². The molecule has 2 amide bonds. The van der Waals surface area contributed by atoms with Gasteiger partial charge >= 0.3 is 0 Å². The molecule has 28 heavy (non-hydrogen) atoms. The molecule has 1 aliphatic heterocycles. The largest absolute Gasteiger partial charge is 0.326 e. The number of halogens is 1. The fraction of sp³-hybridized carbons (Fsp3) is 0.364. The third-order valence-electron chi connectivity index (χ3n) is 5.19. The van der Waals surface area contributed by atoms with Gasteiger partial charge in [-0.3, -0.25) is 9.59 Å². The zero-order chi connectivity index (χ0) is 19.9. The van der Waals surface area contributed by atoms with Gasteiger partial charge in [-0.25, -0.2) is 4.39 Å². The topological polar surface area (TPSA) is 70.2 Å². The molecule has 1 saturated heterocycles. The standard InChI is InChI=1S/C22H26FN3O2/c1-15(16-8-10-24-11-9-16)12-21(27)25-19-6-2-4-17(13-19)22(28)26-20-7-3-5-18(23)14-20/h2-7,13-16,24H,8-12H2,1H3,(H,25,27)(H,26,28). The first-order valence-corrected chi connectivity index (χ1v) is 9.69. The Hall–Kier alpha value is -2.73. The second kappa shape index (κ2) is 9.46. The third kappa shape index (κ3) is 5.63. The summed E-state index contributed by atoms with van der Waals surface area (Å²) < 4.78 is 13.3. The Morgan fingerprint density at radius 1 is 1.07 bits per heavy atom. The fourth-order valence-corrected chi connectivity index (χ4v) is 3.59. The van der Waals surface area contributed by atoms with Gasteiger partial charge in [0, 0.05) is 23.4 Å². The minimum atomic E-state index is -0.415. The average Bonchev–Trinajstić information content (AvgIpc) is 2.68. The molecule has 0 radical (unpaired) electrons.